The highest BCUT2D eigenvalue weighted by Crippen LogP contribution is 2.17. The molecule has 1 saturated heterocycles. The molecule has 2 amide bonds. The topological polar surface area (TPSA) is 61.8 Å². The van der Waals surface area contributed by atoms with E-state index < -0.39 is 0 Å². The monoisotopic (exact) mass is 237 g/mol. The molecule has 5 nitrogen and oxygen atoms in total. The molecule has 0 bridgehead atoms. The summed E-state index contributed by atoms with van der Waals surface area (Å²) in [4.78, 5) is 25.2. The lowest BCUT2D eigenvalue weighted by Gasteiger charge is -2.28. The van der Waals surface area contributed by atoms with Gasteiger partial charge in [-0.15, -0.1) is 0 Å². The highest BCUT2D eigenvalue weighted by atomic mass is 16.2. The van der Waals surface area contributed by atoms with Crippen molar-refractivity contribution < 1.29 is 9.59 Å². The zero-order valence-electron chi connectivity index (χ0n) is 10.2. The van der Waals surface area contributed by atoms with Crippen molar-refractivity contribution in [2.75, 3.05) is 6.54 Å². The normalized spacial score (nSPS) is 25.9. The highest BCUT2D eigenvalue weighted by Gasteiger charge is 2.27. The Morgan fingerprint density at radius 3 is 2.88 bits per heavy atom. The fourth-order valence-electron chi connectivity index (χ4n) is 2.37. The Bertz CT molecular complexity index is 352. The molecule has 94 valence electrons. The Morgan fingerprint density at radius 2 is 2.18 bits per heavy atom. The van der Waals surface area contributed by atoms with E-state index >= 15 is 0 Å². The third-order valence-electron chi connectivity index (χ3n) is 3.47. The molecule has 2 heterocycles. The summed E-state index contributed by atoms with van der Waals surface area (Å²) in [6.45, 7) is 2.90. The van der Waals surface area contributed by atoms with Crippen LogP contribution in [0, 0.1) is 0 Å². The number of hydrazone groups is 1. The SMILES string of the molecule is CC1CCCCCN1C(=O)C1=NNC(=O)CC1. The molecule has 0 aromatic heterocycles. The summed E-state index contributed by atoms with van der Waals surface area (Å²) in [7, 11) is 0. The quantitative estimate of drug-likeness (QED) is 0.740. The molecule has 2 aliphatic rings. The first-order valence-corrected chi connectivity index (χ1v) is 6.35. The fourth-order valence-corrected chi connectivity index (χ4v) is 2.37. The van der Waals surface area contributed by atoms with E-state index in [-0.39, 0.29) is 17.9 Å². The van der Waals surface area contributed by atoms with Gasteiger partial charge in [-0.1, -0.05) is 12.8 Å². The van der Waals surface area contributed by atoms with Crippen LogP contribution in [0.15, 0.2) is 5.10 Å². The van der Waals surface area contributed by atoms with Gasteiger partial charge in [0.25, 0.3) is 5.91 Å². The number of nitrogens with one attached hydrogen (secondary N) is 1. The zero-order valence-corrected chi connectivity index (χ0v) is 10.2. The molecule has 1 unspecified atom stereocenters. The summed E-state index contributed by atoms with van der Waals surface area (Å²) in [5, 5.41) is 3.88. The zero-order chi connectivity index (χ0) is 12.3. The molecule has 17 heavy (non-hydrogen) atoms. The molecule has 5 heteroatoms. The van der Waals surface area contributed by atoms with Gasteiger partial charge in [-0.2, -0.15) is 5.10 Å². The van der Waals surface area contributed by atoms with Crippen molar-refractivity contribution in [3.63, 3.8) is 0 Å². The van der Waals surface area contributed by atoms with Crippen LogP contribution in [-0.2, 0) is 9.59 Å². The molecule has 0 aliphatic carbocycles. The number of amides is 2. The molecule has 1 atom stereocenters. The molecular weight excluding hydrogens is 218 g/mol. The van der Waals surface area contributed by atoms with Crippen LogP contribution in [0.5, 0.6) is 0 Å². The second-order valence-electron chi connectivity index (χ2n) is 4.79. The first kappa shape index (κ1) is 12.1. The van der Waals surface area contributed by atoms with Gasteiger partial charge in [0.15, 0.2) is 0 Å². The van der Waals surface area contributed by atoms with Gasteiger partial charge >= 0.3 is 0 Å². The summed E-state index contributed by atoms with van der Waals surface area (Å²) < 4.78 is 0. The van der Waals surface area contributed by atoms with E-state index in [1.807, 2.05) is 4.90 Å². The Morgan fingerprint density at radius 1 is 1.35 bits per heavy atom. The number of hydrogen-bond donors (Lipinski definition) is 1. The molecule has 2 rings (SSSR count). The van der Waals surface area contributed by atoms with Gasteiger partial charge in [0.2, 0.25) is 5.91 Å². The lowest BCUT2D eigenvalue weighted by molar-refractivity contribution is -0.126. The third kappa shape index (κ3) is 2.84. The summed E-state index contributed by atoms with van der Waals surface area (Å²) >= 11 is 0. The Balaban J connectivity index is 2.05. The number of nitrogens with zero attached hydrogens (tertiary/aromatic N) is 2. The van der Waals surface area contributed by atoms with Crippen molar-refractivity contribution in [3.8, 4) is 0 Å². The fraction of sp³-hybridized carbons (Fsp3) is 0.750. The van der Waals surface area contributed by atoms with E-state index in [1.54, 1.807) is 0 Å². The summed E-state index contributed by atoms with van der Waals surface area (Å²) in [6.07, 6.45) is 5.34. The van der Waals surface area contributed by atoms with Crippen LogP contribution in [0.2, 0.25) is 0 Å². The first-order valence-electron chi connectivity index (χ1n) is 6.35. The first-order chi connectivity index (χ1) is 8.18. The van der Waals surface area contributed by atoms with Crippen LogP contribution in [-0.4, -0.2) is 35.0 Å². The van der Waals surface area contributed by atoms with E-state index in [1.165, 1.54) is 12.8 Å². The van der Waals surface area contributed by atoms with Gasteiger partial charge in [-0.25, -0.2) is 5.43 Å². The van der Waals surface area contributed by atoms with Crippen molar-refractivity contribution in [1.82, 2.24) is 10.3 Å². The molecule has 1 fully saturated rings. The van der Waals surface area contributed by atoms with Crippen LogP contribution < -0.4 is 5.43 Å². The largest absolute Gasteiger partial charge is 0.335 e. The molecular formula is C12H19N3O2. The number of likely N-dealkylation sites (tertiary alicyclic amines) is 1. The van der Waals surface area contributed by atoms with Gasteiger partial charge in [-0.05, 0) is 19.8 Å². The summed E-state index contributed by atoms with van der Waals surface area (Å²) in [6, 6.07) is 0.283. The van der Waals surface area contributed by atoms with Crippen LogP contribution >= 0.6 is 0 Å². The minimum atomic E-state index is -0.106. The van der Waals surface area contributed by atoms with E-state index in [9.17, 15) is 9.59 Å². The lowest BCUT2D eigenvalue weighted by atomic mass is 10.1. The van der Waals surface area contributed by atoms with Gasteiger partial charge in [0, 0.05) is 25.4 Å². The van der Waals surface area contributed by atoms with E-state index in [2.05, 4.69) is 17.5 Å². The Kier molecular flexibility index (Phi) is 3.76. The number of carbonyl (C=O) groups is 2. The average Bonchev–Trinajstić information content (AvgIpc) is 2.54. The van der Waals surface area contributed by atoms with Crippen LogP contribution in [0.4, 0.5) is 0 Å². The molecule has 0 aromatic carbocycles. The van der Waals surface area contributed by atoms with Crippen molar-refractivity contribution in [1.29, 1.82) is 0 Å². The number of hydrogen-bond acceptors (Lipinski definition) is 3. The predicted molar refractivity (Wildman–Crippen MR) is 64.5 cm³/mol. The van der Waals surface area contributed by atoms with Crippen LogP contribution in [0.1, 0.15) is 45.4 Å². The predicted octanol–water partition coefficient (Wildman–Crippen LogP) is 1.04. The Labute approximate surface area is 101 Å². The molecule has 0 radical (unpaired) electrons. The molecule has 0 saturated carbocycles. The second kappa shape index (κ2) is 5.29. The summed E-state index contributed by atoms with van der Waals surface area (Å²) in [5.74, 6) is -0.107. The minimum absolute atomic E-state index is 0.000556. The smallest absolute Gasteiger partial charge is 0.270 e. The summed E-state index contributed by atoms with van der Waals surface area (Å²) in [5.41, 5.74) is 2.88. The molecule has 0 aromatic rings. The average molecular weight is 237 g/mol. The number of carbonyl (C=O) groups excluding carboxylic acids is 2. The Hall–Kier alpha value is -1.39. The standard InChI is InChI=1S/C12H19N3O2/c1-9-5-3-2-4-8-15(9)12(17)10-6-7-11(16)14-13-10/h9H,2-8H2,1H3,(H,14,16). The van der Waals surface area contributed by atoms with Gasteiger partial charge < -0.3 is 4.90 Å². The number of rotatable bonds is 1. The van der Waals surface area contributed by atoms with E-state index in [0.29, 0.717) is 18.6 Å². The highest BCUT2D eigenvalue weighted by molar-refractivity contribution is 6.39. The molecule has 2 aliphatic heterocycles. The molecule has 0 spiro atoms. The maximum atomic E-state index is 12.3. The molecule has 1 N–H and O–H groups in total. The second-order valence-corrected chi connectivity index (χ2v) is 4.79. The lowest BCUT2D eigenvalue weighted by Crippen LogP contribution is -2.44. The maximum Gasteiger partial charge on any atom is 0.270 e. The van der Waals surface area contributed by atoms with Gasteiger partial charge in [0.1, 0.15) is 5.71 Å². The van der Waals surface area contributed by atoms with E-state index in [0.717, 1.165) is 19.4 Å². The minimum Gasteiger partial charge on any atom is -0.335 e. The van der Waals surface area contributed by atoms with Crippen LogP contribution in [0.25, 0.3) is 0 Å². The maximum absolute atomic E-state index is 12.3. The van der Waals surface area contributed by atoms with Crippen LogP contribution in [0.3, 0.4) is 0 Å². The van der Waals surface area contributed by atoms with Gasteiger partial charge in [0.05, 0.1) is 0 Å². The van der Waals surface area contributed by atoms with Crippen molar-refractivity contribution >= 4 is 17.5 Å². The van der Waals surface area contributed by atoms with Gasteiger partial charge in [-0.3, -0.25) is 9.59 Å². The van der Waals surface area contributed by atoms with Crippen molar-refractivity contribution in [2.24, 2.45) is 5.10 Å². The van der Waals surface area contributed by atoms with Crippen molar-refractivity contribution in [2.45, 2.75) is 51.5 Å². The third-order valence-corrected chi connectivity index (χ3v) is 3.47. The van der Waals surface area contributed by atoms with Crippen molar-refractivity contribution in [3.05, 3.63) is 0 Å². The van der Waals surface area contributed by atoms with E-state index in [4.69, 9.17) is 0 Å².